The normalized spacial score (nSPS) is 11.1. The van der Waals surface area contributed by atoms with Crippen LogP contribution in [0, 0.1) is 5.82 Å². The maximum absolute atomic E-state index is 14.1. The van der Waals surface area contributed by atoms with Crippen molar-refractivity contribution in [1.82, 2.24) is 14.8 Å². The zero-order chi connectivity index (χ0) is 16.7. The van der Waals surface area contributed by atoms with Gasteiger partial charge in [0.05, 0.1) is 11.4 Å². The van der Waals surface area contributed by atoms with E-state index in [9.17, 15) is 9.18 Å². The van der Waals surface area contributed by atoms with Gasteiger partial charge in [-0.15, -0.1) is 0 Å². The molecule has 24 heavy (non-hydrogen) atoms. The topological polar surface area (TPSA) is 50.7 Å². The van der Waals surface area contributed by atoms with E-state index in [1.54, 1.807) is 24.3 Å². The summed E-state index contributed by atoms with van der Waals surface area (Å²) in [6, 6.07) is 16.0. The fourth-order valence-electron chi connectivity index (χ4n) is 2.90. The quantitative estimate of drug-likeness (QED) is 0.591. The Hall–Kier alpha value is -3.21. The molecular weight excluding hydrogens is 305 g/mol. The summed E-state index contributed by atoms with van der Waals surface area (Å²) in [6.45, 7) is 1.44. The highest BCUT2D eigenvalue weighted by molar-refractivity contribution is 5.97. The molecule has 0 fully saturated rings. The number of carbonyl (C=O) groups excluding carboxylic acids is 1. The number of fused-ring (bicyclic) bond motifs is 1. The van der Waals surface area contributed by atoms with Crippen molar-refractivity contribution < 1.29 is 9.18 Å². The lowest BCUT2D eigenvalue weighted by Gasteiger charge is -2.01. The first kappa shape index (κ1) is 14.4. The van der Waals surface area contributed by atoms with Crippen LogP contribution in [0.25, 0.3) is 33.4 Å². The van der Waals surface area contributed by atoms with Crippen LogP contribution in [0.5, 0.6) is 0 Å². The van der Waals surface area contributed by atoms with Gasteiger partial charge in [-0.05, 0) is 24.3 Å². The summed E-state index contributed by atoms with van der Waals surface area (Å²) >= 11 is 0. The second kappa shape index (κ2) is 5.45. The fourth-order valence-corrected chi connectivity index (χ4v) is 2.90. The third-order valence-electron chi connectivity index (χ3n) is 4.02. The summed E-state index contributed by atoms with van der Waals surface area (Å²) < 4.78 is 15.4. The standard InChI is InChI=1S/C19H14FN3O/c1-12(24)23-19(15-11-21-17-9-5-3-6-13(15)17)10-18(22-23)14-7-2-4-8-16(14)20/h2-11,21H,1H3. The van der Waals surface area contributed by atoms with Crippen LogP contribution in [-0.4, -0.2) is 20.7 Å². The molecule has 0 saturated heterocycles. The van der Waals surface area contributed by atoms with Crippen molar-refractivity contribution in [2.75, 3.05) is 0 Å². The van der Waals surface area contributed by atoms with Crippen molar-refractivity contribution in [1.29, 1.82) is 0 Å². The minimum Gasteiger partial charge on any atom is -0.360 e. The molecule has 0 amide bonds. The van der Waals surface area contributed by atoms with Crippen LogP contribution < -0.4 is 0 Å². The van der Waals surface area contributed by atoms with E-state index in [2.05, 4.69) is 10.1 Å². The summed E-state index contributed by atoms with van der Waals surface area (Å²) in [5, 5.41) is 5.30. The van der Waals surface area contributed by atoms with E-state index in [1.807, 2.05) is 30.5 Å². The first-order chi connectivity index (χ1) is 11.6. The Kier molecular flexibility index (Phi) is 3.27. The molecule has 0 aliphatic heterocycles. The van der Waals surface area contributed by atoms with Gasteiger partial charge in [0.15, 0.2) is 0 Å². The van der Waals surface area contributed by atoms with E-state index in [1.165, 1.54) is 17.7 Å². The Labute approximate surface area is 137 Å². The van der Waals surface area contributed by atoms with E-state index >= 15 is 0 Å². The largest absolute Gasteiger partial charge is 0.360 e. The van der Waals surface area contributed by atoms with Gasteiger partial charge in [-0.25, -0.2) is 4.39 Å². The molecule has 0 saturated carbocycles. The van der Waals surface area contributed by atoms with Crippen molar-refractivity contribution in [3.05, 3.63) is 66.6 Å². The molecule has 5 heteroatoms. The smallest absolute Gasteiger partial charge is 0.244 e. The van der Waals surface area contributed by atoms with E-state index < -0.39 is 0 Å². The third-order valence-corrected chi connectivity index (χ3v) is 4.02. The summed E-state index contributed by atoms with van der Waals surface area (Å²) in [7, 11) is 0. The predicted molar refractivity (Wildman–Crippen MR) is 91.2 cm³/mol. The minimum absolute atomic E-state index is 0.224. The molecule has 118 valence electrons. The maximum Gasteiger partial charge on any atom is 0.244 e. The number of nitrogens with zero attached hydrogens (tertiary/aromatic N) is 2. The van der Waals surface area contributed by atoms with Gasteiger partial charge in [-0.3, -0.25) is 4.79 Å². The van der Waals surface area contributed by atoms with Gasteiger partial charge in [-0.2, -0.15) is 9.78 Å². The number of hydrogen-bond donors (Lipinski definition) is 1. The van der Waals surface area contributed by atoms with E-state index in [4.69, 9.17) is 0 Å². The lowest BCUT2D eigenvalue weighted by atomic mass is 10.1. The van der Waals surface area contributed by atoms with Gasteiger partial charge in [0.25, 0.3) is 0 Å². The number of hydrogen-bond acceptors (Lipinski definition) is 2. The molecule has 4 aromatic rings. The second-order valence-electron chi connectivity index (χ2n) is 5.57. The van der Waals surface area contributed by atoms with Crippen LogP contribution in [0.3, 0.4) is 0 Å². The van der Waals surface area contributed by atoms with Gasteiger partial charge in [0.1, 0.15) is 5.82 Å². The zero-order valence-corrected chi connectivity index (χ0v) is 13.0. The summed E-state index contributed by atoms with van der Waals surface area (Å²) in [5.74, 6) is -0.589. The molecule has 0 bridgehead atoms. The molecule has 2 aromatic carbocycles. The molecule has 1 N–H and O–H groups in total. The molecule has 0 aliphatic carbocycles. The number of carbonyl (C=O) groups is 1. The van der Waals surface area contributed by atoms with Crippen molar-refractivity contribution in [2.24, 2.45) is 0 Å². The molecule has 0 aliphatic rings. The third kappa shape index (κ3) is 2.22. The summed E-state index contributed by atoms with van der Waals surface area (Å²) in [5.41, 5.74) is 3.27. The van der Waals surface area contributed by atoms with Crippen molar-refractivity contribution >= 4 is 16.8 Å². The van der Waals surface area contributed by atoms with E-state index in [0.29, 0.717) is 17.0 Å². The highest BCUT2D eigenvalue weighted by Crippen LogP contribution is 2.32. The lowest BCUT2D eigenvalue weighted by molar-refractivity contribution is 0.0923. The Bertz CT molecular complexity index is 1060. The Morgan fingerprint density at radius 3 is 2.62 bits per heavy atom. The number of rotatable bonds is 2. The van der Waals surface area contributed by atoms with Gasteiger partial charge >= 0.3 is 0 Å². The zero-order valence-electron chi connectivity index (χ0n) is 13.0. The number of benzene rings is 2. The second-order valence-corrected chi connectivity index (χ2v) is 5.57. The number of para-hydroxylation sites is 1. The van der Waals surface area contributed by atoms with Crippen molar-refractivity contribution in [2.45, 2.75) is 6.92 Å². The minimum atomic E-state index is -0.365. The van der Waals surface area contributed by atoms with Gasteiger partial charge in [0.2, 0.25) is 5.91 Å². The van der Waals surface area contributed by atoms with Crippen LogP contribution in [0.4, 0.5) is 4.39 Å². The predicted octanol–water partition coefficient (Wildman–Crippen LogP) is 4.50. The molecule has 4 rings (SSSR count). The average Bonchev–Trinajstić information content (AvgIpc) is 3.19. The van der Waals surface area contributed by atoms with Crippen LogP contribution in [0.2, 0.25) is 0 Å². The van der Waals surface area contributed by atoms with Crippen molar-refractivity contribution in [3.63, 3.8) is 0 Å². The summed E-state index contributed by atoms with van der Waals surface area (Å²) in [4.78, 5) is 15.2. The number of nitrogens with one attached hydrogen (secondary N) is 1. The monoisotopic (exact) mass is 319 g/mol. The van der Waals surface area contributed by atoms with E-state index in [0.717, 1.165) is 16.5 Å². The molecule has 0 spiro atoms. The first-order valence-electron chi connectivity index (χ1n) is 7.57. The average molecular weight is 319 g/mol. The number of H-pyrrole nitrogens is 1. The van der Waals surface area contributed by atoms with Crippen LogP contribution in [-0.2, 0) is 0 Å². The Morgan fingerprint density at radius 1 is 1.08 bits per heavy atom. The van der Waals surface area contributed by atoms with Gasteiger partial charge in [-0.1, -0.05) is 30.3 Å². The van der Waals surface area contributed by atoms with Crippen LogP contribution in [0.1, 0.15) is 11.7 Å². The molecule has 4 nitrogen and oxygen atoms in total. The van der Waals surface area contributed by atoms with Crippen LogP contribution >= 0.6 is 0 Å². The maximum atomic E-state index is 14.1. The Balaban J connectivity index is 1.96. The molecule has 2 aromatic heterocycles. The van der Waals surface area contributed by atoms with E-state index in [-0.39, 0.29) is 11.7 Å². The highest BCUT2D eigenvalue weighted by atomic mass is 19.1. The first-order valence-corrected chi connectivity index (χ1v) is 7.57. The lowest BCUT2D eigenvalue weighted by Crippen LogP contribution is -2.09. The Morgan fingerprint density at radius 2 is 1.83 bits per heavy atom. The number of aromatic nitrogens is 3. The SMILES string of the molecule is CC(=O)n1nc(-c2ccccc2F)cc1-c1c[nH]c2ccccc12. The molecular formula is C19H14FN3O. The highest BCUT2D eigenvalue weighted by Gasteiger charge is 2.18. The summed E-state index contributed by atoms with van der Waals surface area (Å²) in [6.07, 6.45) is 1.84. The molecule has 2 heterocycles. The van der Waals surface area contributed by atoms with Crippen LogP contribution in [0.15, 0.2) is 60.8 Å². The fraction of sp³-hybridized carbons (Fsp3) is 0.0526. The van der Waals surface area contributed by atoms with Crippen molar-refractivity contribution in [3.8, 4) is 22.5 Å². The van der Waals surface area contributed by atoms with Gasteiger partial charge in [0, 0.05) is 35.2 Å². The molecule has 0 radical (unpaired) electrons. The number of halogens is 1. The van der Waals surface area contributed by atoms with Gasteiger partial charge < -0.3 is 4.98 Å². The molecule has 0 unspecified atom stereocenters. The molecule has 0 atom stereocenters. The number of aromatic amines is 1.